The number of methoxy groups -OCH3 is 2. The van der Waals surface area contributed by atoms with E-state index < -0.39 is 6.10 Å². The van der Waals surface area contributed by atoms with Crippen molar-refractivity contribution in [2.45, 2.75) is 31.8 Å². The molecule has 0 aromatic carbocycles. The van der Waals surface area contributed by atoms with Gasteiger partial charge in [-0.25, -0.2) is 0 Å². The van der Waals surface area contributed by atoms with Crippen LogP contribution in [0.5, 0.6) is 0 Å². The molecule has 0 spiro atoms. The molecule has 3 atom stereocenters. The highest BCUT2D eigenvalue weighted by atomic mass is 16.7. The average molecular weight is 203 g/mol. The number of aliphatic hydroxyl groups excluding tert-OH is 1. The quantitative estimate of drug-likeness (QED) is 0.466. The maximum absolute atomic E-state index is 11.1. The van der Waals surface area contributed by atoms with Gasteiger partial charge in [-0.3, -0.25) is 4.79 Å². The number of carbonyl (C=O) groups excluding carboxylic acids is 1. The van der Waals surface area contributed by atoms with Gasteiger partial charge in [-0.05, 0) is 6.92 Å². The number of ether oxygens (including phenoxy) is 2. The Labute approximate surface area is 83.4 Å². The van der Waals surface area contributed by atoms with Crippen LogP contribution >= 0.6 is 0 Å². The lowest BCUT2D eigenvalue weighted by Gasteiger charge is -2.39. The van der Waals surface area contributed by atoms with E-state index in [0.717, 1.165) is 0 Å². The van der Waals surface area contributed by atoms with Gasteiger partial charge < -0.3 is 19.9 Å². The van der Waals surface area contributed by atoms with Crippen LogP contribution in [0.4, 0.5) is 0 Å². The van der Waals surface area contributed by atoms with Crippen molar-refractivity contribution in [3.8, 4) is 0 Å². The second kappa shape index (κ2) is 4.72. The zero-order valence-electron chi connectivity index (χ0n) is 8.69. The highest BCUT2D eigenvalue weighted by Gasteiger charge is 2.43. The summed E-state index contributed by atoms with van der Waals surface area (Å²) in [6.45, 7) is 1.62. The van der Waals surface area contributed by atoms with E-state index in [1.807, 2.05) is 0 Å². The third kappa shape index (κ3) is 2.23. The summed E-state index contributed by atoms with van der Waals surface area (Å²) in [4.78, 5) is 11.1. The van der Waals surface area contributed by atoms with Gasteiger partial charge in [-0.2, -0.15) is 0 Å². The summed E-state index contributed by atoms with van der Waals surface area (Å²) >= 11 is 0. The van der Waals surface area contributed by atoms with Crippen LogP contribution in [-0.2, 0) is 14.3 Å². The fourth-order valence-electron chi connectivity index (χ4n) is 1.71. The first-order valence-corrected chi connectivity index (χ1v) is 4.64. The minimum Gasteiger partial charge on any atom is -0.393 e. The van der Waals surface area contributed by atoms with Gasteiger partial charge >= 0.3 is 0 Å². The topological polar surface area (TPSA) is 67.8 Å². The Balaban J connectivity index is 2.43. The van der Waals surface area contributed by atoms with Crippen molar-refractivity contribution in [2.24, 2.45) is 5.92 Å². The number of carbonyl (C=O) groups is 1. The summed E-state index contributed by atoms with van der Waals surface area (Å²) in [5.41, 5.74) is 0. The highest BCUT2D eigenvalue weighted by molar-refractivity contribution is 5.86. The Morgan fingerprint density at radius 1 is 1.50 bits per heavy atom. The molecule has 5 heteroatoms. The van der Waals surface area contributed by atoms with Crippen LogP contribution in [0.3, 0.4) is 0 Å². The minimum atomic E-state index is -0.622. The van der Waals surface area contributed by atoms with Gasteiger partial charge in [0.2, 0.25) is 5.91 Å². The van der Waals surface area contributed by atoms with Crippen molar-refractivity contribution < 1.29 is 19.4 Å². The third-order valence-electron chi connectivity index (χ3n) is 2.56. The number of nitrogens with one attached hydrogen (secondary N) is 1. The SMILES string of the molecule is COC(C[C@H]1NC(=O)[C@H]1[C@H](C)O)OC. The normalized spacial score (nSPS) is 28.5. The number of β-lactam (4-membered cyclic amide) rings is 1. The van der Waals surface area contributed by atoms with Gasteiger partial charge in [0.15, 0.2) is 6.29 Å². The lowest BCUT2D eigenvalue weighted by molar-refractivity contribution is -0.150. The van der Waals surface area contributed by atoms with Gasteiger partial charge in [0, 0.05) is 26.7 Å². The summed E-state index contributed by atoms with van der Waals surface area (Å²) in [5, 5.41) is 12.0. The Kier molecular flexibility index (Phi) is 3.86. The predicted molar refractivity (Wildman–Crippen MR) is 49.5 cm³/mol. The molecule has 82 valence electrons. The van der Waals surface area contributed by atoms with Gasteiger partial charge in [-0.1, -0.05) is 0 Å². The van der Waals surface area contributed by atoms with E-state index in [1.54, 1.807) is 21.1 Å². The number of hydrogen-bond donors (Lipinski definition) is 2. The van der Waals surface area contributed by atoms with Crippen LogP contribution in [-0.4, -0.2) is 43.7 Å². The second-order valence-electron chi connectivity index (χ2n) is 3.52. The lowest BCUT2D eigenvalue weighted by atomic mass is 9.84. The molecule has 0 aromatic rings. The van der Waals surface area contributed by atoms with Gasteiger partial charge in [-0.15, -0.1) is 0 Å². The van der Waals surface area contributed by atoms with Gasteiger partial charge in [0.1, 0.15) is 0 Å². The molecule has 1 aliphatic heterocycles. The van der Waals surface area contributed by atoms with Gasteiger partial charge in [0.25, 0.3) is 0 Å². The first-order valence-electron chi connectivity index (χ1n) is 4.64. The van der Waals surface area contributed by atoms with Crippen molar-refractivity contribution >= 4 is 5.91 Å². The number of hydrogen-bond acceptors (Lipinski definition) is 4. The number of amides is 1. The summed E-state index contributed by atoms with van der Waals surface area (Å²) in [6.07, 6.45) is -0.390. The Morgan fingerprint density at radius 2 is 2.07 bits per heavy atom. The Hall–Kier alpha value is -0.650. The third-order valence-corrected chi connectivity index (χ3v) is 2.56. The molecule has 1 aliphatic rings. The molecule has 1 fully saturated rings. The van der Waals surface area contributed by atoms with E-state index in [-0.39, 0.29) is 24.2 Å². The largest absolute Gasteiger partial charge is 0.393 e. The standard InChI is InChI=1S/C9H17NO4/c1-5(11)8-6(10-9(8)12)4-7(13-2)14-3/h5-8,11H,4H2,1-3H3,(H,10,12)/t5-,6+,8-/m0/s1. The van der Waals surface area contributed by atoms with Crippen LogP contribution < -0.4 is 5.32 Å². The smallest absolute Gasteiger partial charge is 0.228 e. The molecular formula is C9H17NO4. The van der Waals surface area contributed by atoms with Crippen LogP contribution in [0.2, 0.25) is 0 Å². The number of aliphatic hydroxyl groups is 1. The first kappa shape index (κ1) is 11.4. The van der Waals surface area contributed by atoms with Crippen molar-refractivity contribution in [1.29, 1.82) is 0 Å². The molecule has 1 heterocycles. The minimum absolute atomic E-state index is 0.0487. The Bertz CT molecular complexity index is 203. The van der Waals surface area contributed by atoms with E-state index in [4.69, 9.17) is 9.47 Å². The van der Waals surface area contributed by atoms with Crippen molar-refractivity contribution in [3.63, 3.8) is 0 Å². The van der Waals surface area contributed by atoms with Crippen molar-refractivity contribution in [1.82, 2.24) is 5.32 Å². The molecular weight excluding hydrogens is 186 g/mol. The van der Waals surface area contributed by atoms with E-state index >= 15 is 0 Å². The average Bonchev–Trinajstić information content (AvgIpc) is 2.10. The highest BCUT2D eigenvalue weighted by Crippen LogP contribution is 2.23. The zero-order chi connectivity index (χ0) is 10.7. The van der Waals surface area contributed by atoms with E-state index in [2.05, 4.69) is 5.32 Å². The predicted octanol–water partition coefficient (Wildman–Crippen LogP) is -0.509. The van der Waals surface area contributed by atoms with Crippen LogP contribution in [0, 0.1) is 5.92 Å². The molecule has 0 radical (unpaired) electrons. The number of rotatable bonds is 5. The molecule has 1 saturated heterocycles. The van der Waals surface area contributed by atoms with Crippen LogP contribution in [0.1, 0.15) is 13.3 Å². The molecule has 1 rings (SSSR count). The molecule has 14 heavy (non-hydrogen) atoms. The summed E-state index contributed by atoms with van der Waals surface area (Å²) in [7, 11) is 3.10. The fourth-order valence-corrected chi connectivity index (χ4v) is 1.71. The molecule has 0 saturated carbocycles. The maximum Gasteiger partial charge on any atom is 0.228 e. The van der Waals surface area contributed by atoms with E-state index in [1.165, 1.54) is 0 Å². The van der Waals surface area contributed by atoms with Crippen molar-refractivity contribution in [3.05, 3.63) is 0 Å². The molecule has 5 nitrogen and oxygen atoms in total. The lowest BCUT2D eigenvalue weighted by Crippen LogP contribution is -2.62. The molecule has 0 bridgehead atoms. The molecule has 0 aromatic heterocycles. The maximum atomic E-state index is 11.1. The molecule has 2 N–H and O–H groups in total. The van der Waals surface area contributed by atoms with Crippen LogP contribution in [0.15, 0.2) is 0 Å². The summed E-state index contributed by atoms with van der Waals surface area (Å²) < 4.78 is 10.0. The van der Waals surface area contributed by atoms with Gasteiger partial charge in [0.05, 0.1) is 12.0 Å². The molecule has 0 unspecified atom stereocenters. The molecule has 0 aliphatic carbocycles. The second-order valence-corrected chi connectivity index (χ2v) is 3.52. The Morgan fingerprint density at radius 3 is 2.43 bits per heavy atom. The monoisotopic (exact) mass is 203 g/mol. The fraction of sp³-hybridized carbons (Fsp3) is 0.889. The zero-order valence-corrected chi connectivity index (χ0v) is 8.69. The van der Waals surface area contributed by atoms with E-state index in [0.29, 0.717) is 6.42 Å². The summed E-state index contributed by atoms with van der Waals surface area (Å²) in [6, 6.07) is -0.0487. The summed E-state index contributed by atoms with van der Waals surface area (Å²) in [5.74, 6) is -0.432. The first-order chi connectivity index (χ1) is 6.60. The molecule has 1 amide bonds. The van der Waals surface area contributed by atoms with Crippen LogP contribution in [0.25, 0.3) is 0 Å². The van der Waals surface area contributed by atoms with E-state index in [9.17, 15) is 9.90 Å². The van der Waals surface area contributed by atoms with Crippen molar-refractivity contribution in [2.75, 3.05) is 14.2 Å².